The van der Waals surface area contributed by atoms with E-state index in [1.807, 2.05) is 6.92 Å². The largest absolute Gasteiger partial charge is 0.393 e. The Kier molecular flexibility index (Phi) is 1.65. The van der Waals surface area contributed by atoms with Crippen molar-refractivity contribution in [2.45, 2.75) is 32.3 Å². The van der Waals surface area contributed by atoms with E-state index in [-0.39, 0.29) is 6.10 Å². The molecular formula is C10H14O. The lowest BCUT2D eigenvalue weighted by Crippen LogP contribution is -2.16. The molecule has 2 aliphatic carbocycles. The van der Waals surface area contributed by atoms with E-state index in [0.717, 1.165) is 6.42 Å². The average Bonchev–Trinajstić information content (AvgIpc) is 2.46. The Bertz CT molecular complexity index is 211. The lowest BCUT2D eigenvalue weighted by molar-refractivity contribution is 0.110. The van der Waals surface area contributed by atoms with E-state index in [2.05, 4.69) is 11.8 Å². The van der Waals surface area contributed by atoms with Crippen LogP contribution in [-0.4, -0.2) is 11.2 Å². The van der Waals surface area contributed by atoms with Crippen molar-refractivity contribution in [2.24, 2.45) is 17.8 Å². The van der Waals surface area contributed by atoms with Crippen molar-refractivity contribution < 1.29 is 5.11 Å². The number of hydrogen-bond donors (Lipinski definition) is 1. The van der Waals surface area contributed by atoms with Crippen molar-refractivity contribution in [3.63, 3.8) is 0 Å². The Morgan fingerprint density at radius 1 is 1.36 bits per heavy atom. The highest BCUT2D eigenvalue weighted by Gasteiger charge is 2.46. The molecule has 2 bridgehead atoms. The normalized spacial score (nSPS) is 47.1. The molecule has 0 aromatic heterocycles. The topological polar surface area (TPSA) is 20.2 Å². The summed E-state index contributed by atoms with van der Waals surface area (Å²) in [5.74, 6) is 7.94. The predicted octanol–water partition coefficient (Wildman–Crippen LogP) is 1.42. The van der Waals surface area contributed by atoms with E-state index < -0.39 is 0 Å². The number of aliphatic hydroxyl groups excluding tert-OH is 1. The predicted molar refractivity (Wildman–Crippen MR) is 43.8 cm³/mol. The van der Waals surface area contributed by atoms with Crippen LogP contribution in [0.2, 0.25) is 0 Å². The lowest BCUT2D eigenvalue weighted by Gasteiger charge is -2.14. The van der Waals surface area contributed by atoms with Gasteiger partial charge in [0.25, 0.3) is 0 Å². The fourth-order valence-electron chi connectivity index (χ4n) is 2.69. The molecule has 11 heavy (non-hydrogen) atoms. The first kappa shape index (κ1) is 7.18. The van der Waals surface area contributed by atoms with Crippen LogP contribution in [0.4, 0.5) is 0 Å². The van der Waals surface area contributed by atoms with Gasteiger partial charge in [0, 0.05) is 5.92 Å². The Labute approximate surface area is 67.8 Å². The molecule has 4 atom stereocenters. The monoisotopic (exact) mass is 150 g/mol. The molecule has 0 aliphatic heterocycles. The van der Waals surface area contributed by atoms with E-state index in [1.54, 1.807) is 0 Å². The second kappa shape index (κ2) is 2.53. The summed E-state index contributed by atoms with van der Waals surface area (Å²) in [5, 5.41) is 9.55. The van der Waals surface area contributed by atoms with Crippen molar-refractivity contribution in [1.82, 2.24) is 0 Å². The second-order valence-corrected chi connectivity index (χ2v) is 3.72. The summed E-state index contributed by atoms with van der Waals surface area (Å²) < 4.78 is 0. The molecule has 1 heteroatoms. The molecule has 1 N–H and O–H groups in total. The standard InChI is InChI=1S/C10H14O/c1-2-3-8-7-4-5-9(8)10(11)6-7/h7-11H,4-6H2,1H3/t7-,8+,9-,10-/m1/s1. The van der Waals surface area contributed by atoms with Gasteiger partial charge in [-0.1, -0.05) is 5.92 Å². The minimum atomic E-state index is -0.0420. The summed E-state index contributed by atoms with van der Waals surface area (Å²) in [6.07, 6.45) is 3.45. The molecule has 0 heterocycles. The minimum absolute atomic E-state index is 0.0420. The van der Waals surface area contributed by atoms with E-state index >= 15 is 0 Å². The quantitative estimate of drug-likeness (QED) is 0.518. The van der Waals surface area contributed by atoms with Gasteiger partial charge in [0.1, 0.15) is 0 Å². The number of rotatable bonds is 0. The van der Waals surface area contributed by atoms with E-state index in [9.17, 15) is 5.11 Å². The SMILES string of the molecule is CC#C[C@H]1[C@@H]2CC[C@H]1[C@H](O)C2. The minimum Gasteiger partial charge on any atom is -0.393 e. The van der Waals surface area contributed by atoms with Gasteiger partial charge in [0.15, 0.2) is 0 Å². The van der Waals surface area contributed by atoms with Crippen LogP contribution in [0.5, 0.6) is 0 Å². The van der Waals surface area contributed by atoms with Crippen LogP contribution in [0.25, 0.3) is 0 Å². The molecule has 2 fully saturated rings. The highest BCUT2D eigenvalue weighted by Crippen LogP contribution is 2.48. The van der Waals surface area contributed by atoms with Crippen molar-refractivity contribution in [2.75, 3.05) is 0 Å². The molecule has 0 spiro atoms. The maximum absolute atomic E-state index is 9.55. The molecule has 0 saturated heterocycles. The molecule has 0 radical (unpaired) electrons. The second-order valence-electron chi connectivity index (χ2n) is 3.72. The first-order valence-electron chi connectivity index (χ1n) is 4.43. The molecule has 60 valence electrons. The van der Waals surface area contributed by atoms with Crippen LogP contribution in [-0.2, 0) is 0 Å². The molecule has 2 aliphatic rings. The fraction of sp³-hybridized carbons (Fsp3) is 0.800. The van der Waals surface area contributed by atoms with Gasteiger partial charge < -0.3 is 5.11 Å². The van der Waals surface area contributed by atoms with E-state index in [1.165, 1.54) is 12.8 Å². The van der Waals surface area contributed by atoms with Gasteiger partial charge >= 0.3 is 0 Å². The zero-order chi connectivity index (χ0) is 7.84. The summed E-state index contributed by atoms with van der Waals surface area (Å²) in [5.41, 5.74) is 0. The summed E-state index contributed by atoms with van der Waals surface area (Å²) >= 11 is 0. The lowest BCUT2D eigenvalue weighted by atomic mass is 9.97. The van der Waals surface area contributed by atoms with Gasteiger partial charge in [-0.3, -0.25) is 0 Å². The molecule has 2 saturated carbocycles. The summed E-state index contributed by atoms with van der Waals surface area (Å²) in [4.78, 5) is 0. The Balaban J connectivity index is 2.17. The van der Waals surface area contributed by atoms with Crippen LogP contribution in [0.3, 0.4) is 0 Å². The van der Waals surface area contributed by atoms with Crippen molar-refractivity contribution in [1.29, 1.82) is 0 Å². The molecular weight excluding hydrogens is 136 g/mol. The molecule has 0 aromatic rings. The van der Waals surface area contributed by atoms with Gasteiger partial charge in [-0.25, -0.2) is 0 Å². The average molecular weight is 150 g/mol. The van der Waals surface area contributed by atoms with Gasteiger partial charge in [-0.05, 0) is 38.0 Å². The van der Waals surface area contributed by atoms with Crippen LogP contribution in [0.15, 0.2) is 0 Å². The summed E-state index contributed by atoms with van der Waals surface area (Å²) in [7, 11) is 0. The fourth-order valence-corrected chi connectivity index (χ4v) is 2.69. The maximum Gasteiger partial charge on any atom is 0.0583 e. The third-order valence-electron chi connectivity index (χ3n) is 3.19. The zero-order valence-corrected chi connectivity index (χ0v) is 6.88. The molecule has 2 rings (SSSR count). The third kappa shape index (κ3) is 0.973. The highest BCUT2D eigenvalue weighted by atomic mass is 16.3. The number of fused-ring (bicyclic) bond motifs is 2. The third-order valence-corrected chi connectivity index (χ3v) is 3.19. The maximum atomic E-state index is 9.55. The van der Waals surface area contributed by atoms with Gasteiger partial charge in [-0.2, -0.15) is 0 Å². The smallest absolute Gasteiger partial charge is 0.0583 e. The van der Waals surface area contributed by atoms with Gasteiger partial charge in [0.2, 0.25) is 0 Å². The number of aliphatic hydroxyl groups is 1. The van der Waals surface area contributed by atoms with Crippen LogP contribution >= 0.6 is 0 Å². The Morgan fingerprint density at radius 2 is 2.18 bits per heavy atom. The molecule has 0 unspecified atom stereocenters. The van der Waals surface area contributed by atoms with E-state index in [0.29, 0.717) is 17.8 Å². The van der Waals surface area contributed by atoms with Gasteiger partial charge in [-0.15, -0.1) is 5.92 Å². The summed E-state index contributed by atoms with van der Waals surface area (Å²) in [6.45, 7) is 1.89. The molecule has 0 amide bonds. The van der Waals surface area contributed by atoms with Gasteiger partial charge in [0.05, 0.1) is 6.10 Å². The Hall–Kier alpha value is -0.480. The first-order valence-corrected chi connectivity index (χ1v) is 4.43. The van der Waals surface area contributed by atoms with Crippen molar-refractivity contribution >= 4 is 0 Å². The van der Waals surface area contributed by atoms with Crippen LogP contribution in [0, 0.1) is 29.6 Å². The van der Waals surface area contributed by atoms with E-state index in [4.69, 9.17) is 0 Å². The van der Waals surface area contributed by atoms with Crippen LogP contribution < -0.4 is 0 Å². The molecule has 0 aromatic carbocycles. The Morgan fingerprint density at radius 3 is 2.64 bits per heavy atom. The van der Waals surface area contributed by atoms with Crippen LogP contribution in [0.1, 0.15) is 26.2 Å². The first-order chi connectivity index (χ1) is 5.33. The zero-order valence-electron chi connectivity index (χ0n) is 6.88. The van der Waals surface area contributed by atoms with Crippen molar-refractivity contribution in [3.05, 3.63) is 0 Å². The van der Waals surface area contributed by atoms with Crippen molar-refractivity contribution in [3.8, 4) is 11.8 Å². The highest BCUT2D eigenvalue weighted by molar-refractivity contribution is 5.13. The number of hydrogen-bond acceptors (Lipinski definition) is 1. The summed E-state index contributed by atoms with van der Waals surface area (Å²) in [6, 6.07) is 0. The molecule has 1 nitrogen and oxygen atoms in total.